The maximum Gasteiger partial charge on any atom is 0.229 e. The number of rotatable bonds is 6. The number of benzene rings is 1. The molecule has 9 heteroatoms. The fourth-order valence-electron chi connectivity index (χ4n) is 3.52. The van der Waals surface area contributed by atoms with Crippen LogP contribution in [0.15, 0.2) is 49.1 Å². The molecular formula is C21H22N8O. The second-order valence-electron chi connectivity index (χ2n) is 7.06. The number of aromatic nitrogens is 6. The molecule has 1 fully saturated rings. The first kappa shape index (κ1) is 18.6. The van der Waals surface area contributed by atoms with E-state index in [1.165, 1.54) is 11.3 Å². The smallest absolute Gasteiger partial charge is 0.229 e. The van der Waals surface area contributed by atoms with E-state index in [0.29, 0.717) is 12.5 Å². The quantitative estimate of drug-likeness (QED) is 0.530. The van der Waals surface area contributed by atoms with E-state index in [1.54, 1.807) is 29.8 Å². The van der Waals surface area contributed by atoms with Crippen LogP contribution in [-0.2, 0) is 11.3 Å². The minimum Gasteiger partial charge on any atom is -0.378 e. The molecule has 0 spiro atoms. The zero-order valence-corrected chi connectivity index (χ0v) is 16.5. The zero-order valence-electron chi connectivity index (χ0n) is 16.5. The minimum atomic E-state index is 0.495. The van der Waals surface area contributed by atoms with Gasteiger partial charge in [0, 0.05) is 31.2 Å². The molecule has 1 N–H and O–H groups in total. The van der Waals surface area contributed by atoms with E-state index < -0.39 is 0 Å². The predicted molar refractivity (Wildman–Crippen MR) is 114 cm³/mol. The summed E-state index contributed by atoms with van der Waals surface area (Å²) in [5.74, 6) is 0.495. The lowest BCUT2D eigenvalue weighted by Gasteiger charge is -2.29. The topological polar surface area (TPSA) is 85.9 Å². The van der Waals surface area contributed by atoms with Crippen LogP contribution in [-0.4, -0.2) is 55.8 Å². The Morgan fingerprint density at radius 2 is 2.03 bits per heavy atom. The molecular weight excluding hydrogens is 380 g/mol. The van der Waals surface area contributed by atoms with Gasteiger partial charge < -0.3 is 15.0 Å². The number of fused-ring (bicyclic) bond motifs is 1. The van der Waals surface area contributed by atoms with E-state index in [1.807, 2.05) is 10.9 Å². The van der Waals surface area contributed by atoms with Crippen molar-refractivity contribution in [2.24, 2.45) is 0 Å². The van der Waals surface area contributed by atoms with E-state index in [2.05, 4.69) is 61.6 Å². The molecule has 9 nitrogen and oxygen atoms in total. The van der Waals surface area contributed by atoms with Gasteiger partial charge in [-0.2, -0.15) is 15.2 Å². The van der Waals surface area contributed by atoms with E-state index in [9.17, 15) is 0 Å². The van der Waals surface area contributed by atoms with Crippen LogP contribution in [0.3, 0.4) is 0 Å². The van der Waals surface area contributed by atoms with E-state index >= 15 is 0 Å². The number of morpholine rings is 1. The fourth-order valence-corrected chi connectivity index (χ4v) is 3.52. The minimum absolute atomic E-state index is 0.495. The summed E-state index contributed by atoms with van der Waals surface area (Å²) in [6.45, 7) is 9.32. The van der Waals surface area contributed by atoms with Gasteiger partial charge in [0.25, 0.3) is 0 Å². The van der Waals surface area contributed by atoms with Gasteiger partial charge in [-0.3, -0.25) is 4.68 Å². The zero-order chi connectivity index (χ0) is 20.3. The van der Waals surface area contributed by atoms with Gasteiger partial charge in [0.15, 0.2) is 5.65 Å². The van der Waals surface area contributed by atoms with Gasteiger partial charge in [-0.15, -0.1) is 0 Å². The number of hydrogen-bond donors (Lipinski definition) is 1. The average molecular weight is 402 g/mol. The normalized spacial score (nSPS) is 14.4. The van der Waals surface area contributed by atoms with E-state index in [4.69, 9.17) is 4.74 Å². The Kier molecular flexibility index (Phi) is 5.02. The number of ether oxygens (including phenoxy) is 1. The highest BCUT2D eigenvalue weighted by atomic mass is 16.5. The van der Waals surface area contributed by atoms with Gasteiger partial charge in [0.1, 0.15) is 0 Å². The van der Waals surface area contributed by atoms with Crippen molar-refractivity contribution < 1.29 is 4.74 Å². The van der Waals surface area contributed by atoms with Gasteiger partial charge in [0.05, 0.1) is 49.8 Å². The van der Waals surface area contributed by atoms with Gasteiger partial charge in [-0.1, -0.05) is 12.1 Å². The third kappa shape index (κ3) is 3.84. The Balaban J connectivity index is 1.38. The Morgan fingerprint density at radius 1 is 1.13 bits per heavy atom. The molecule has 0 aliphatic carbocycles. The molecule has 0 unspecified atom stereocenters. The first-order chi connectivity index (χ1) is 14.8. The Bertz CT molecular complexity index is 1140. The van der Waals surface area contributed by atoms with Gasteiger partial charge in [-0.25, -0.2) is 9.67 Å². The molecule has 1 aliphatic heterocycles. The summed E-state index contributed by atoms with van der Waals surface area (Å²) in [6, 6.07) is 8.55. The van der Waals surface area contributed by atoms with Crippen molar-refractivity contribution in [3.8, 4) is 0 Å². The maximum absolute atomic E-state index is 5.46. The Labute approximate surface area is 174 Å². The van der Waals surface area contributed by atoms with Crippen molar-refractivity contribution in [1.29, 1.82) is 0 Å². The van der Waals surface area contributed by atoms with Crippen LogP contribution in [0.5, 0.6) is 0 Å². The second kappa shape index (κ2) is 8.11. The highest BCUT2D eigenvalue weighted by molar-refractivity contribution is 5.75. The van der Waals surface area contributed by atoms with E-state index in [-0.39, 0.29) is 0 Å². The molecule has 1 aromatic carbocycles. The molecule has 4 aromatic rings. The number of anilines is 3. The molecule has 0 atom stereocenters. The number of nitrogens with zero attached hydrogens (tertiary/aromatic N) is 7. The van der Waals surface area contributed by atoms with E-state index in [0.717, 1.165) is 43.0 Å². The molecule has 5 rings (SSSR count). The summed E-state index contributed by atoms with van der Waals surface area (Å²) >= 11 is 0. The van der Waals surface area contributed by atoms with Gasteiger partial charge in [-0.05, 0) is 24.6 Å². The molecule has 0 amide bonds. The van der Waals surface area contributed by atoms with Gasteiger partial charge in [0.2, 0.25) is 5.95 Å². The molecule has 0 bridgehead atoms. The summed E-state index contributed by atoms with van der Waals surface area (Å²) in [5, 5.41) is 12.7. The number of hydrogen-bond acceptors (Lipinski definition) is 7. The second-order valence-corrected chi connectivity index (χ2v) is 7.06. The van der Waals surface area contributed by atoms with Crippen molar-refractivity contribution in [1.82, 2.24) is 29.5 Å². The number of nitrogens with one attached hydrogen (secondary N) is 1. The van der Waals surface area contributed by atoms with Crippen molar-refractivity contribution in [3.05, 3.63) is 68.1 Å². The highest BCUT2D eigenvalue weighted by Gasteiger charge is 2.13. The molecule has 152 valence electrons. The molecule has 0 saturated carbocycles. The third-order valence-corrected chi connectivity index (χ3v) is 5.04. The van der Waals surface area contributed by atoms with Crippen LogP contribution in [0, 0.1) is 13.5 Å². The fraction of sp³-hybridized carbons (Fsp3) is 0.238. The first-order valence-electron chi connectivity index (χ1n) is 9.82. The van der Waals surface area contributed by atoms with Crippen LogP contribution in [0.4, 0.5) is 17.3 Å². The maximum atomic E-state index is 5.46. The first-order valence-corrected chi connectivity index (χ1v) is 9.82. The Morgan fingerprint density at radius 3 is 2.87 bits per heavy atom. The van der Waals surface area contributed by atoms with Crippen LogP contribution in [0.25, 0.3) is 11.0 Å². The van der Waals surface area contributed by atoms with Gasteiger partial charge >= 0.3 is 0 Å². The molecule has 1 saturated heterocycles. The van der Waals surface area contributed by atoms with Crippen LogP contribution in [0.1, 0.15) is 5.56 Å². The van der Waals surface area contributed by atoms with Crippen LogP contribution in [0.2, 0.25) is 0 Å². The third-order valence-electron chi connectivity index (χ3n) is 5.04. The summed E-state index contributed by atoms with van der Waals surface area (Å²) < 4.78 is 8.97. The molecule has 2 radical (unpaired) electrons. The summed E-state index contributed by atoms with van der Waals surface area (Å²) in [6.07, 6.45) is 7.08. The lowest BCUT2D eigenvalue weighted by molar-refractivity contribution is 0.122. The molecule has 1 aliphatic rings. The summed E-state index contributed by atoms with van der Waals surface area (Å²) in [4.78, 5) is 11.4. The largest absolute Gasteiger partial charge is 0.378 e. The monoisotopic (exact) mass is 402 g/mol. The average Bonchev–Trinajstić information content (AvgIpc) is 3.41. The van der Waals surface area contributed by atoms with Crippen molar-refractivity contribution >= 4 is 28.4 Å². The lowest BCUT2D eigenvalue weighted by Crippen LogP contribution is -2.36. The summed E-state index contributed by atoms with van der Waals surface area (Å²) in [7, 11) is 0. The molecule has 30 heavy (non-hydrogen) atoms. The van der Waals surface area contributed by atoms with Crippen LogP contribution >= 0.6 is 0 Å². The van der Waals surface area contributed by atoms with Crippen molar-refractivity contribution in [3.63, 3.8) is 0 Å². The Hall–Kier alpha value is -3.46. The lowest BCUT2D eigenvalue weighted by atomic mass is 10.2. The standard InChI is InChI=1S/C21H22N8O/c1-2-28-15-18(13-23-28)25-21-22-11-17-12-24-29(20(17)26-21)14-16-4-3-5-19(10-16)27-6-8-30-9-7-27/h2-5,10-13,15H,1,6-9,14H2,(H,22,25,26). The van der Waals surface area contributed by atoms with Crippen molar-refractivity contribution in [2.45, 2.75) is 6.54 Å². The SMILES string of the molecule is [CH2][CH]n1cc(Nc2ncc3cnn(Cc4cccc(N5CCOCC5)c4)c3n2)cn1. The molecule has 3 aromatic heterocycles. The summed E-state index contributed by atoms with van der Waals surface area (Å²) in [5.41, 5.74) is 3.95. The molecule has 4 heterocycles. The highest BCUT2D eigenvalue weighted by Crippen LogP contribution is 2.20. The van der Waals surface area contributed by atoms with Crippen LogP contribution < -0.4 is 10.2 Å². The van der Waals surface area contributed by atoms with Crippen molar-refractivity contribution in [2.75, 3.05) is 36.5 Å². The predicted octanol–water partition coefficient (Wildman–Crippen LogP) is 2.50.